The van der Waals surface area contributed by atoms with Gasteiger partial charge in [-0.25, -0.2) is 4.98 Å². The molecule has 0 aliphatic heterocycles. The number of amidine groups is 1. The molecule has 0 fully saturated rings. The Kier molecular flexibility index (Phi) is 7.97. The third-order valence-corrected chi connectivity index (χ3v) is 7.56. The molecule has 0 radical (unpaired) electrons. The van der Waals surface area contributed by atoms with Gasteiger partial charge in [0.05, 0.1) is 21.3 Å². The molecule has 0 saturated carbocycles. The second-order valence-electron chi connectivity index (χ2n) is 9.48. The number of thiazole rings is 1. The molecule has 1 aromatic heterocycles. The van der Waals surface area contributed by atoms with Crippen molar-refractivity contribution in [1.29, 1.82) is 0 Å². The van der Waals surface area contributed by atoms with Crippen LogP contribution in [0.1, 0.15) is 100 Å². The van der Waals surface area contributed by atoms with Crippen molar-refractivity contribution in [3.63, 3.8) is 0 Å². The molecule has 2 N–H and O–H groups in total. The van der Waals surface area contributed by atoms with Gasteiger partial charge in [-0.05, 0) is 35.4 Å². The number of benzene rings is 1. The summed E-state index contributed by atoms with van der Waals surface area (Å²) in [5.74, 6) is 2.37. The Morgan fingerprint density at radius 1 is 1.10 bits per heavy atom. The standard InChI is InChI=1S/C24H37N3S2/c1-14(2)18-10-16(5)11-19(15(3)4)21(18)17(6)22(25)27-13-28-20-12-26-23(29-20)24(7,8)9/h10-12,14-15,17H,13H2,1-9H3,(H2,25,27). The summed E-state index contributed by atoms with van der Waals surface area (Å²) in [6.07, 6.45) is 1.96. The van der Waals surface area contributed by atoms with Crippen molar-refractivity contribution in [3.8, 4) is 0 Å². The van der Waals surface area contributed by atoms with E-state index in [0.717, 1.165) is 5.01 Å². The first-order chi connectivity index (χ1) is 13.4. The SMILES string of the molecule is Cc1cc(C(C)C)c(C(C)/C(N)=N/CSc2cnc(C(C)(C)C)s2)c(C(C)C)c1. The first-order valence-electron chi connectivity index (χ1n) is 10.4. The summed E-state index contributed by atoms with van der Waals surface area (Å²) in [6.45, 7) is 20.0. The van der Waals surface area contributed by atoms with Gasteiger partial charge in [-0.3, -0.25) is 4.99 Å². The molecule has 0 aliphatic carbocycles. The molecule has 160 valence electrons. The highest BCUT2D eigenvalue weighted by Gasteiger charge is 2.22. The highest BCUT2D eigenvalue weighted by molar-refractivity contribution is 8.01. The van der Waals surface area contributed by atoms with Crippen molar-refractivity contribution in [2.24, 2.45) is 10.7 Å². The monoisotopic (exact) mass is 431 g/mol. The molecular weight excluding hydrogens is 394 g/mol. The van der Waals surface area contributed by atoms with E-state index in [9.17, 15) is 0 Å². The fourth-order valence-corrected chi connectivity index (χ4v) is 5.24. The van der Waals surface area contributed by atoms with Gasteiger partial charge in [-0.1, -0.05) is 84.8 Å². The van der Waals surface area contributed by atoms with Crippen LogP contribution in [0.5, 0.6) is 0 Å². The van der Waals surface area contributed by atoms with Gasteiger partial charge in [-0.2, -0.15) is 0 Å². The Morgan fingerprint density at radius 3 is 2.10 bits per heavy atom. The van der Waals surface area contributed by atoms with Crippen LogP contribution in [0.3, 0.4) is 0 Å². The van der Waals surface area contributed by atoms with Gasteiger partial charge in [0.1, 0.15) is 5.84 Å². The van der Waals surface area contributed by atoms with Gasteiger partial charge in [0.25, 0.3) is 0 Å². The van der Waals surface area contributed by atoms with Gasteiger partial charge in [0.2, 0.25) is 0 Å². The Balaban J connectivity index is 2.23. The number of hydrogen-bond donors (Lipinski definition) is 1. The molecule has 0 amide bonds. The molecule has 0 saturated heterocycles. The molecular formula is C24H37N3S2. The Hall–Kier alpha value is -1.33. The van der Waals surface area contributed by atoms with Crippen molar-refractivity contribution in [2.75, 3.05) is 5.88 Å². The number of nitrogens with zero attached hydrogens (tertiary/aromatic N) is 2. The molecule has 0 aliphatic rings. The number of thioether (sulfide) groups is 1. The highest BCUT2D eigenvalue weighted by Crippen LogP contribution is 2.35. The van der Waals surface area contributed by atoms with Crippen LogP contribution >= 0.6 is 23.1 Å². The van der Waals surface area contributed by atoms with Crippen molar-refractivity contribution in [2.45, 2.75) is 89.7 Å². The summed E-state index contributed by atoms with van der Waals surface area (Å²) in [6, 6.07) is 4.63. The van der Waals surface area contributed by atoms with Crippen LogP contribution in [-0.4, -0.2) is 16.7 Å². The number of aromatic nitrogens is 1. The molecule has 0 spiro atoms. The second-order valence-corrected chi connectivity index (χ2v) is 11.8. The number of nitrogens with two attached hydrogens (primary N) is 1. The fourth-order valence-electron chi connectivity index (χ4n) is 3.44. The van der Waals surface area contributed by atoms with E-state index in [0.29, 0.717) is 23.5 Å². The molecule has 2 rings (SSSR count). The van der Waals surface area contributed by atoms with Crippen LogP contribution in [0.2, 0.25) is 0 Å². The quantitative estimate of drug-likeness (QED) is 0.286. The van der Waals surface area contributed by atoms with Gasteiger partial charge in [-0.15, -0.1) is 11.3 Å². The van der Waals surface area contributed by atoms with E-state index in [1.54, 1.807) is 23.1 Å². The van der Waals surface area contributed by atoms with E-state index in [-0.39, 0.29) is 11.3 Å². The third kappa shape index (κ3) is 6.08. The minimum atomic E-state index is 0.0895. The first kappa shape index (κ1) is 23.9. The largest absolute Gasteiger partial charge is 0.387 e. The molecule has 5 heteroatoms. The van der Waals surface area contributed by atoms with Gasteiger partial charge in [0.15, 0.2) is 0 Å². The topological polar surface area (TPSA) is 51.3 Å². The minimum absolute atomic E-state index is 0.0895. The van der Waals surface area contributed by atoms with E-state index < -0.39 is 0 Å². The predicted molar refractivity (Wildman–Crippen MR) is 131 cm³/mol. The summed E-state index contributed by atoms with van der Waals surface area (Å²) < 4.78 is 1.19. The van der Waals surface area contributed by atoms with Crippen LogP contribution < -0.4 is 5.73 Å². The smallest absolute Gasteiger partial charge is 0.102 e. The molecule has 1 heterocycles. The predicted octanol–water partition coefficient (Wildman–Crippen LogP) is 7.21. The normalized spacial score (nSPS) is 14.1. The van der Waals surface area contributed by atoms with E-state index in [4.69, 9.17) is 10.7 Å². The summed E-state index contributed by atoms with van der Waals surface area (Å²) in [5, 5.41) is 1.16. The van der Waals surface area contributed by atoms with Gasteiger partial charge >= 0.3 is 0 Å². The lowest BCUT2D eigenvalue weighted by Crippen LogP contribution is -2.23. The molecule has 1 aromatic carbocycles. The lowest BCUT2D eigenvalue weighted by Gasteiger charge is -2.25. The average Bonchev–Trinajstić information content (AvgIpc) is 3.09. The van der Waals surface area contributed by atoms with E-state index in [1.165, 1.54) is 26.5 Å². The molecule has 0 bridgehead atoms. The number of rotatable bonds is 7. The van der Waals surface area contributed by atoms with E-state index in [2.05, 4.69) is 79.4 Å². The molecule has 2 aromatic rings. The summed E-state index contributed by atoms with van der Waals surface area (Å²) in [7, 11) is 0. The lowest BCUT2D eigenvalue weighted by molar-refractivity contribution is 0.585. The number of aryl methyl sites for hydroxylation is 1. The zero-order valence-corrected chi connectivity index (χ0v) is 21.1. The maximum atomic E-state index is 6.49. The first-order valence-corrected chi connectivity index (χ1v) is 12.2. The van der Waals surface area contributed by atoms with Gasteiger partial charge < -0.3 is 5.73 Å². The Morgan fingerprint density at radius 2 is 1.66 bits per heavy atom. The van der Waals surface area contributed by atoms with Crippen LogP contribution in [0.4, 0.5) is 0 Å². The zero-order valence-electron chi connectivity index (χ0n) is 19.5. The molecule has 3 nitrogen and oxygen atoms in total. The zero-order chi connectivity index (χ0) is 21.9. The fraction of sp³-hybridized carbons (Fsp3) is 0.583. The lowest BCUT2D eigenvalue weighted by atomic mass is 9.81. The molecule has 29 heavy (non-hydrogen) atoms. The summed E-state index contributed by atoms with van der Waals surface area (Å²) in [5.41, 5.74) is 12.0. The maximum absolute atomic E-state index is 6.49. The maximum Gasteiger partial charge on any atom is 0.102 e. The summed E-state index contributed by atoms with van der Waals surface area (Å²) in [4.78, 5) is 9.28. The van der Waals surface area contributed by atoms with Crippen LogP contribution in [0.25, 0.3) is 0 Å². The summed E-state index contributed by atoms with van der Waals surface area (Å²) >= 11 is 3.46. The van der Waals surface area contributed by atoms with Crippen LogP contribution in [0, 0.1) is 6.92 Å². The van der Waals surface area contributed by atoms with Crippen LogP contribution in [-0.2, 0) is 5.41 Å². The van der Waals surface area contributed by atoms with Crippen molar-refractivity contribution < 1.29 is 0 Å². The Labute approximate surface area is 185 Å². The third-order valence-electron chi connectivity index (χ3n) is 5.09. The van der Waals surface area contributed by atoms with Crippen LogP contribution in [0.15, 0.2) is 27.5 Å². The number of aliphatic imine (C=N–C) groups is 1. The van der Waals surface area contributed by atoms with Crippen molar-refractivity contribution >= 4 is 28.9 Å². The number of hydrogen-bond acceptors (Lipinski definition) is 4. The van der Waals surface area contributed by atoms with Crippen molar-refractivity contribution in [3.05, 3.63) is 45.6 Å². The highest BCUT2D eigenvalue weighted by atomic mass is 32.2. The van der Waals surface area contributed by atoms with E-state index in [1.807, 2.05) is 6.20 Å². The average molecular weight is 432 g/mol. The Bertz CT molecular complexity index is 828. The second kappa shape index (κ2) is 9.65. The molecule has 1 unspecified atom stereocenters. The minimum Gasteiger partial charge on any atom is -0.387 e. The molecule has 1 atom stereocenters. The van der Waals surface area contributed by atoms with Gasteiger partial charge in [0, 0.05) is 11.3 Å². The van der Waals surface area contributed by atoms with E-state index >= 15 is 0 Å². The van der Waals surface area contributed by atoms with Crippen molar-refractivity contribution in [1.82, 2.24) is 4.98 Å².